The fraction of sp³-hybridized carbons (Fsp3) is 0.765. The molecule has 1 aliphatic rings. The number of rotatable bonds is 3. The van der Waals surface area contributed by atoms with Crippen molar-refractivity contribution in [3.05, 3.63) is 22.3 Å². The van der Waals surface area contributed by atoms with Crippen LogP contribution in [0.2, 0.25) is 0 Å². The van der Waals surface area contributed by atoms with E-state index in [-0.39, 0.29) is 0 Å². The molecule has 0 aromatic heterocycles. The van der Waals surface area contributed by atoms with Crippen LogP contribution in [0.1, 0.15) is 68.2 Å². The van der Waals surface area contributed by atoms with Crippen LogP contribution in [-0.2, 0) is 0 Å². The number of hydrogen-bond acceptors (Lipinski definition) is 0. The van der Waals surface area contributed by atoms with Crippen molar-refractivity contribution < 1.29 is 0 Å². The van der Waals surface area contributed by atoms with Crippen LogP contribution in [0.3, 0.4) is 0 Å². The van der Waals surface area contributed by atoms with E-state index in [4.69, 9.17) is 0 Å². The molecular formula is C17H30. The Hall–Kier alpha value is -0.520. The Balaban J connectivity index is 3.17. The van der Waals surface area contributed by atoms with Gasteiger partial charge in [-0.25, -0.2) is 0 Å². The molecule has 0 N–H and O–H groups in total. The van der Waals surface area contributed by atoms with Gasteiger partial charge in [0.15, 0.2) is 0 Å². The summed E-state index contributed by atoms with van der Waals surface area (Å²) in [6, 6.07) is 0. The average molecular weight is 234 g/mol. The average Bonchev–Trinajstić information content (AvgIpc) is 2.30. The fourth-order valence-electron chi connectivity index (χ4n) is 2.94. The highest BCUT2D eigenvalue weighted by atomic mass is 14.4. The van der Waals surface area contributed by atoms with Crippen LogP contribution in [0.5, 0.6) is 0 Å². The summed E-state index contributed by atoms with van der Waals surface area (Å²) in [5.41, 5.74) is 6.74. The fourth-order valence-corrected chi connectivity index (χ4v) is 2.94. The summed E-state index contributed by atoms with van der Waals surface area (Å²) in [6.45, 7) is 18.8. The Bertz CT molecular complexity index is 352. The molecule has 0 amide bonds. The molecule has 0 nitrogen and oxygen atoms in total. The van der Waals surface area contributed by atoms with Crippen molar-refractivity contribution in [1.82, 2.24) is 0 Å². The summed E-state index contributed by atoms with van der Waals surface area (Å²) < 4.78 is 0. The standard InChI is InChI=1S/C17H30/c1-9-11(2)10-16-12(3)14(5)17(7,8)15(6)13(16)4/h11,14H,9-10H2,1-8H3/t11?,14-/m0/s1. The van der Waals surface area contributed by atoms with E-state index < -0.39 is 0 Å². The zero-order valence-electron chi connectivity index (χ0n) is 13.1. The smallest absolute Gasteiger partial charge is 0.00788 e. The van der Waals surface area contributed by atoms with Gasteiger partial charge in [0, 0.05) is 0 Å². The Morgan fingerprint density at radius 2 is 1.71 bits per heavy atom. The lowest BCUT2D eigenvalue weighted by Crippen LogP contribution is -2.29. The number of allylic oxidation sites excluding steroid dienone is 4. The van der Waals surface area contributed by atoms with Crippen LogP contribution in [-0.4, -0.2) is 0 Å². The highest BCUT2D eigenvalue weighted by Gasteiger charge is 2.35. The van der Waals surface area contributed by atoms with Crippen LogP contribution >= 0.6 is 0 Å². The summed E-state index contributed by atoms with van der Waals surface area (Å²) in [4.78, 5) is 0. The molecule has 1 aliphatic carbocycles. The SMILES string of the molecule is CCC(C)CC1=C(C)[C@H](C)C(C)(C)C(C)=C1C. The normalized spacial score (nSPS) is 26.5. The maximum atomic E-state index is 2.39. The maximum Gasteiger partial charge on any atom is -0.00788 e. The van der Waals surface area contributed by atoms with E-state index in [9.17, 15) is 0 Å². The van der Waals surface area contributed by atoms with Crippen molar-refractivity contribution in [3.63, 3.8) is 0 Å². The molecule has 0 heterocycles. The molecule has 0 bridgehead atoms. The Labute approximate surface area is 108 Å². The van der Waals surface area contributed by atoms with Crippen molar-refractivity contribution >= 4 is 0 Å². The molecule has 0 heteroatoms. The van der Waals surface area contributed by atoms with Gasteiger partial charge in [-0.15, -0.1) is 0 Å². The first kappa shape index (κ1) is 14.5. The van der Waals surface area contributed by atoms with Gasteiger partial charge in [-0.1, -0.05) is 52.2 Å². The third-order valence-corrected chi connectivity index (χ3v) is 5.44. The third kappa shape index (κ3) is 2.51. The second kappa shape index (κ2) is 5.00. The minimum Gasteiger partial charge on any atom is -0.0662 e. The van der Waals surface area contributed by atoms with Crippen LogP contribution in [0, 0.1) is 17.3 Å². The summed E-state index contributed by atoms with van der Waals surface area (Å²) in [7, 11) is 0. The second-order valence-corrected chi connectivity index (χ2v) is 6.57. The van der Waals surface area contributed by atoms with Crippen LogP contribution < -0.4 is 0 Å². The predicted octanol–water partition coefficient (Wildman–Crippen LogP) is 5.75. The third-order valence-electron chi connectivity index (χ3n) is 5.44. The van der Waals surface area contributed by atoms with E-state index in [1.807, 2.05) is 0 Å². The lowest BCUT2D eigenvalue weighted by molar-refractivity contribution is 0.313. The molecule has 1 unspecified atom stereocenters. The molecule has 0 aromatic carbocycles. The van der Waals surface area contributed by atoms with Crippen molar-refractivity contribution in [3.8, 4) is 0 Å². The van der Waals surface area contributed by atoms with Gasteiger partial charge in [-0.05, 0) is 55.6 Å². The first-order chi connectivity index (χ1) is 7.73. The van der Waals surface area contributed by atoms with Crippen LogP contribution in [0.15, 0.2) is 22.3 Å². The van der Waals surface area contributed by atoms with E-state index in [0.29, 0.717) is 11.3 Å². The van der Waals surface area contributed by atoms with Gasteiger partial charge in [0.25, 0.3) is 0 Å². The van der Waals surface area contributed by atoms with Gasteiger partial charge < -0.3 is 0 Å². The minimum absolute atomic E-state index is 0.327. The van der Waals surface area contributed by atoms with Gasteiger partial charge in [-0.3, -0.25) is 0 Å². The van der Waals surface area contributed by atoms with Crippen molar-refractivity contribution in [2.75, 3.05) is 0 Å². The molecule has 0 saturated carbocycles. The quantitative estimate of drug-likeness (QED) is 0.583. The Morgan fingerprint density at radius 1 is 1.18 bits per heavy atom. The first-order valence-electron chi connectivity index (χ1n) is 7.11. The minimum atomic E-state index is 0.327. The number of hydrogen-bond donors (Lipinski definition) is 0. The first-order valence-corrected chi connectivity index (χ1v) is 7.11. The molecular weight excluding hydrogens is 204 g/mol. The van der Waals surface area contributed by atoms with E-state index in [0.717, 1.165) is 5.92 Å². The van der Waals surface area contributed by atoms with E-state index in [1.165, 1.54) is 12.8 Å². The molecule has 0 aromatic rings. The predicted molar refractivity (Wildman–Crippen MR) is 78.1 cm³/mol. The van der Waals surface area contributed by atoms with Crippen molar-refractivity contribution in [2.24, 2.45) is 17.3 Å². The lowest BCUT2D eigenvalue weighted by Gasteiger charge is -2.41. The van der Waals surface area contributed by atoms with Crippen molar-refractivity contribution in [1.29, 1.82) is 0 Å². The van der Waals surface area contributed by atoms with Gasteiger partial charge in [0.2, 0.25) is 0 Å². The Kier molecular flexibility index (Phi) is 4.28. The molecule has 0 fully saturated rings. The largest absolute Gasteiger partial charge is 0.0662 e. The van der Waals surface area contributed by atoms with Gasteiger partial charge in [0.05, 0.1) is 0 Å². The van der Waals surface area contributed by atoms with Crippen molar-refractivity contribution in [2.45, 2.75) is 68.2 Å². The molecule has 0 radical (unpaired) electrons. The van der Waals surface area contributed by atoms with E-state index >= 15 is 0 Å². The second-order valence-electron chi connectivity index (χ2n) is 6.57. The van der Waals surface area contributed by atoms with Gasteiger partial charge in [0.1, 0.15) is 0 Å². The van der Waals surface area contributed by atoms with E-state index in [2.05, 4.69) is 55.4 Å². The molecule has 0 spiro atoms. The summed E-state index contributed by atoms with van der Waals surface area (Å²) >= 11 is 0. The summed E-state index contributed by atoms with van der Waals surface area (Å²) in [5.74, 6) is 1.47. The zero-order chi connectivity index (χ0) is 13.4. The van der Waals surface area contributed by atoms with Crippen LogP contribution in [0.4, 0.5) is 0 Å². The van der Waals surface area contributed by atoms with E-state index in [1.54, 1.807) is 22.3 Å². The zero-order valence-corrected chi connectivity index (χ0v) is 13.1. The van der Waals surface area contributed by atoms with Gasteiger partial charge in [-0.2, -0.15) is 0 Å². The molecule has 98 valence electrons. The molecule has 1 rings (SSSR count). The molecule has 0 saturated heterocycles. The highest BCUT2D eigenvalue weighted by Crippen LogP contribution is 2.48. The highest BCUT2D eigenvalue weighted by molar-refractivity contribution is 5.44. The van der Waals surface area contributed by atoms with Crippen LogP contribution in [0.25, 0.3) is 0 Å². The maximum absolute atomic E-state index is 2.39. The topological polar surface area (TPSA) is 0 Å². The Morgan fingerprint density at radius 3 is 2.18 bits per heavy atom. The summed E-state index contributed by atoms with van der Waals surface area (Å²) in [5, 5.41) is 0. The van der Waals surface area contributed by atoms with Gasteiger partial charge >= 0.3 is 0 Å². The molecule has 17 heavy (non-hydrogen) atoms. The molecule has 2 atom stereocenters. The molecule has 0 aliphatic heterocycles. The monoisotopic (exact) mass is 234 g/mol. The summed E-state index contributed by atoms with van der Waals surface area (Å²) in [6.07, 6.45) is 2.53. The lowest BCUT2D eigenvalue weighted by atomic mass is 9.64.